The van der Waals surface area contributed by atoms with Gasteiger partial charge in [-0.15, -0.1) is 11.8 Å². The normalized spacial score (nSPS) is 12.2. The summed E-state index contributed by atoms with van der Waals surface area (Å²) in [6.07, 6.45) is 0. The van der Waals surface area contributed by atoms with Crippen molar-refractivity contribution in [3.8, 4) is 5.75 Å². The lowest BCUT2D eigenvalue weighted by molar-refractivity contribution is 0.414. The maximum Gasteiger partial charge on any atom is 0.136 e. The summed E-state index contributed by atoms with van der Waals surface area (Å²) in [5.74, 6) is 1.25. The first-order valence-electron chi connectivity index (χ1n) is 6.39. The molecule has 0 saturated carbocycles. The van der Waals surface area contributed by atoms with Gasteiger partial charge in [0.1, 0.15) is 11.6 Å². The van der Waals surface area contributed by atoms with E-state index in [9.17, 15) is 4.39 Å². The fourth-order valence-electron chi connectivity index (χ4n) is 2.02. The number of thioether (sulfide) groups is 1. The van der Waals surface area contributed by atoms with E-state index in [4.69, 9.17) is 10.5 Å². The van der Waals surface area contributed by atoms with Crippen LogP contribution >= 0.6 is 11.8 Å². The summed E-state index contributed by atoms with van der Waals surface area (Å²) in [4.78, 5) is 0.633. The second kappa shape index (κ2) is 6.77. The van der Waals surface area contributed by atoms with E-state index in [0.717, 1.165) is 16.9 Å². The van der Waals surface area contributed by atoms with Crippen molar-refractivity contribution in [2.75, 3.05) is 12.9 Å². The molecule has 20 heavy (non-hydrogen) atoms. The van der Waals surface area contributed by atoms with Gasteiger partial charge < -0.3 is 10.5 Å². The second-order valence-electron chi connectivity index (χ2n) is 4.57. The van der Waals surface area contributed by atoms with Crippen LogP contribution in [0.4, 0.5) is 4.39 Å². The number of hydrogen-bond donors (Lipinski definition) is 1. The van der Waals surface area contributed by atoms with Gasteiger partial charge >= 0.3 is 0 Å². The van der Waals surface area contributed by atoms with Crippen molar-refractivity contribution in [1.82, 2.24) is 0 Å². The third kappa shape index (κ3) is 3.52. The predicted molar refractivity (Wildman–Crippen MR) is 81.8 cm³/mol. The van der Waals surface area contributed by atoms with Gasteiger partial charge in [0.15, 0.2) is 0 Å². The monoisotopic (exact) mass is 291 g/mol. The Bertz CT molecular complexity index is 588. The molecule has 0 bridgehead atoms. The van der Waals surface area contributed by atoms with Crippen LogP contribution in [0.15, 0.2) is 47.4 Å². The predicted octanol–water partition coefficient (Wildman–Crippen LogP) is 3.93. The Hall–Kier alpha value is -1.52. The highest BCUT2D eigenvalue weighted by atomic mass is 32.2. The van der Waals surface area contributed by atoms with Crippen LogP contribution in [0.2, 0.25) is 0 Å². The van der Waals surface area contributed by atoms with E-state index in [1.165, 1.54) is 17.8 Å². The molecular weight excluding hydrogens is 273 g/mol. The number of aryl methyl sites for hydroxylation is 1. The van der Waals surface area contributed by atoms with Gasteiger partial charge in [-0.2, -0.15) is 0 Å². The fourth-order valence-corrected chi connectivity index (χ4v) is 2.94. The van der Waals surface area contributed by atoms with Crippen LogP contribution in [0.3, 0.4) is 0 Å². The van der Waals surface area contributed by atoms with E-state index in [1.54, 1.807) is 19.2 Å². The van der Waals surface area contributed by atoms with Crippen LogP contribution in [-0.4, -0.2) is 12.9 Å². The highest BCUT2D eigenvalue weighted by Gasteiger charge is 2.11. The Morgan fingerprint density at radius 1 is 1.25 bits per heavy atom. The highest BCUT2D eigenvalue weighted by molar-refractivity contribution is 7.99. The molecule has 0 fully saturated rings. The number of benzene rings is 2. The molecule has 0 aromatic heterocycles. The van der Waals surface area contributed by atoms with Crippen LogP contribution in [0, 0.1) is 12.7 Å². The Morgan fingerprint density at radius 2 is 2.00 bits per heavy atom. The first-order valence-corrected chi connectivity index (χ1v) is 7.38. The van der Waals surface area contributed by atoms with E-state index < -0.39 is 0 Å². The second-order valence-corrected chi connectivity index (χ2v) is 5.63. The zero-order valence-corrected chi connectivity index (χ0v) is 12.4. The van der Waals surface area contributed by atoms with Crippen molar-refractivity contribution in [3.63, 3.8) is 0 Å². The summed E-state index contributed by atoms with van der Waals surface area (Å²) in [5, 5.41) is 0. The average Bonchev–Trinajstić information content (AvgIpc) is 2.46. The van der Waals surface area contributed by atoms with Gasteiger partial charge in [-0.1, -0.05) is 18.2 Å². The Kier molecular flexibility index (Phi) is 5.04. The Morgan fingerprint density at radius 3 is 2.65 bits per heavy atom. The minimum Gasteiger partial charge on any atom is -0.497 e. The molecule has 2 N–H and O–H groups in total. The van der Waals surface area contributed by atoms with Gasteiger partial charge in [-0.3, -0.25) is 0 Å². The summed E-state index contributed by atoms with van der Waals surface area (Å²) in [7, 11) is 1.64. The Labute approximate surface area is 123 Å². The lowest BCUT2D eigenvalue weighted by Gasteiger charge is -2.15. The van der Waals surface area contributed by atoms with Crippen molar-refractivity contribution in [3.05, 3.63) is 59.4 Å². The number of hydrogen-bond acceptors (Lipinski definition) is 3. The molecule has 0 amide bonds. The fraction of sp³-hybridized carbons (Fsp3) is 0.250. The molecular formula is C16H18FNOS. The average molecular weight is 291 g/mol. The molecule has 2 aromatic carbocycles. The molecule has 2 aromatic rings. The van der Waals surface area contributed by atoms with Gasteiger partial charge in [-0.05, 0) is 42.3 Å². The zero-order chi connectivity index (χ0) is 14.5. The summed E-state index contributed by atoms with van der Waals surface area (Å²) in [6, 6.07) is 12.5. The maximum absolute atomic E-state index is 13.5. The van der Waals surface area contributed by atoms with Gasteiger partial charge in [0.05, 0.1) is 7.11 Å². The van der Waals surface area contributed by atoms with E-state index in [1.807, 2.05) is 31.2 Å². The molecule has 1 atom stereocenters. The van der Waals surface area contributed by atoms with Crippen LogP contribution in [0.5, 0.6) is 5.75 Å². The largest absolute Gasteiger partial charge is 0.497 e. The Balaban J connectivity index is 2.05. The van der Waals surface area contributed by atoms with E-state index in [-0.39, 0.29) is 11.9 Å². The van der Waals surface area contributed by atoms with Crippen LogP contribution in [-0.2, 0) is 0 Å². The number of methoxy groups -OCH3 is 1. The highest BCUT2D eigenvalue weighted by Crippen LogP contribution is 2.28. The molecule has 2 rings (SSSR count). The smallest absolute Gasteiger partial charge is 0.136 e. The molecule has 0 spiro atoms. The van der Waals surface area contributed by atoms with Crippen molar-refractivity contribution in [2.24, 2.45) is 5.73 Å². The number of nitrogens with two attached hydrogens (primary N) is 1. The number of halogens is 1. The molecule has 4 heteroatoms. The molecule has 1 unspecified atom stereocenters. The van der Waals surface area contributed by atoms with Crippen LogP contribution in [0.1, 0.15) is 17.2 Å². The minimum atomic E-state index is -0.198. The number of ether oxygens (including phenoxy) is 1. The molecule has 2 nitrogen and oxygen atoms in total. The summed E-state index contributed by atoms with van der Waals surface area (Å²) >= 11 is 1.44. The van der Waals surface area contributed by atoms with Crippen LogP contribution in [0.25, 0.3) is 0 Å². The summed E-state index contributed by atoms with van der Waals surface area (Å²) in [6.45, 7) is 2.01. The third-order valence-corrected chi connectivity index (χ3v) is 4.30. The first-order chi connectivity index (χ1) is 9.61. The SMILES string of the molecule is COc1ccc(C(N)CSc2ccccc2F)c(C)c1. The van der Waals surface area contributed by atoms with E-state index in [0.29, 0.717) is 10.6 Å². The van der Waals surface area contributed by atoms with Gasteiger partial charge in [0, 0.05) is 16.7 Å². The van der Waals surface area contributed by atoms with Gasteiger partial charge in [0.2, 0.25) is 0 Å². The maximum atomic E-state index is 13.5. The zero-order valence-electron chi connectivity index (χ0n) is 11.6. The number of rotatable bonds is 5. The van der Waals surface area contributed by atoms with E-state index in [2.05, 4.69) is 0 Å². The molecule has 0 aliphatic heterocycles. The molecule has 106 valence electrons. The van der Waals surface area contributed by atoms with Gasteiger partial charge in [-0.25, -0.2) is 4.39 Å². The minimum absolute atomic E-state index is 0.134. The lowest BCUT2D eigenvalue weighted by Crippen LogP contribution is -2.14. The van der Waals surface area contributed by atoms with Crippen molar-refractivity contribution in [1.29, 1.82) is 0 Å². The molecule has 0 saturated heterocycles. The first kappa shape index (κ1) is 14.9. The summed E-state index contributed by atoms with van der Waals surface area (Å²) < 4.78 is 18.7. The van der Waals surface area contributed by atoms with Crippen molar-refractivity contribution < 1.29 is 9.13 Å². The molecule has 0 radical (unpaired) electrons. The lowest BCUT2D eigenvalue weighted by atomic mass is 10.0. The molecule has 0 aliphatic rings. The van der Waals surface area contributed by atoms with Crippen molar-refractivity contribution >= 4 is 11.8 Å². The molecule has 0 aliphatic carbocycles. The standard InChI is InChI=1S/C16H18FNOS/c1-11-9-12(19-2)7-8-13(11)15(18)10-20-16-6-4-3-5-14(16)17/h3-9,15H,10,18H2,1-2H3. The summed E-state index contributed by atoms with van der Waals surface area (Å²) in [5.41, 5.74) is 8.35. The van der Waals surface area contributed by atoms with E-state index >= 15 is 0 Å². The van der Waals surface area contributed by atoms with Crippen molar-refractivity contribution in [2.45, 2.75) is 17.9 Å². The van der Waals surface area contributed by atoms with Gasteiger partial charge in [0.25, 0.3) is 0 Å². The van der Waals surface area contributed by atoms with Crippen LogP contribution < -0.4 is 10.5 Å². The quantitative estimate of drug-likeness (QED) is 0.848. The molecule has 0 heterocycles. The topological polar surface area (TPSA) is 35.2 Å². The third-order valence-electron chi connectivity index (χ3n) is 3.13.